The summed E-state index contributed by atoms with van der Waals surface area (Å²) in [6.45, 7) is 7.56. The average molecular weight is 421 g/mol. The van der Waals surface area contributed by atoms with E-state index in [-0.39, 0.29) is 5.91 Å². The molecule has 0 spiro atoms. The highest BCUT2D eigenvalue weighted by atomic mass is 32.1. The number of benzene rings is 1. The summed E-state index contributed by atoms with van der Waals surface area (Å²) in [7, 11) is 0. The van der Waals surface area contributed by atoms with Gasteiger partial charge in [-0.3, -0.25) is 4.79 Å². The topological polar surface area (TPSA) is 67.8 Å². The molecule has 0 bridgehead atoms. The number of hydrogen-bond donors (Lipinski definition) is 4. The first-order valence-corrected chi connectivity index (χ1v) is 11.2. The molecule has 1 aromatic carbocycles. The maximum absolute atomic E-state index is 12.0. The van der Waals surface area contributed by atoms with Gasteiger partial charge in [-0.2, -0.15) is 4.68 Å². The van der Waals surface area contributed by atoms with Gasteiger partial charge in [-0.05, 0) is 44.1 Å². The molecule has 2 aliphatic rings. The Bertz CT molecular complexity index is 865. The highest BCUT2D eigenvalue weighted by Gasteiger charge is 2.28. The molecule has 0 radical (unpaired) electrons. The Morgan fingerprint density at radius 1 is 1.21 bits per heavy atom. The number of rotatable bonds is 7. The fraction of sp³-hybridized carbons (Fsp3) is 0.526. The minimum absolute atomic E-state index is 0.203. The number of carbonyl (C=O) groups is 1. The summed E-state index contributed by atoms with van der Waals surface area (Å²) in [6, 6.07) is 8.71. The Hall–Kier alpha value is -1.81. The van der Waals surface area contributed by atoms with Crippen LogP contribution in [0.3, 0.4) is 0 Å². The molecular weight excluding hydrogens is 392 g/mol. The Kier molecular flexibility index (Phi) is 6.05. The van der Waals surface area contributed by atoms with E-state index in [0.29, 0.717) is 12.6 Å². The molecule has 28 heavy (non-hydrogen) atoms. The Balaban J connectivity index is 1.26. The lowest BCUT2D eigenvalue weighted by molar-refractivity contribution is -1.02. The summed E-state index contributed by atoms with van der Waals surface area (Å²) < 4.78 is 2.72. The van der Waals surface area contributed by atoms with Gasteiger partial charge in [0.15, 0.2) is 17.2 Å². The largest absolute Gasteiger partial charge is 0.348 e. The second-order valence-corrected chi connectivity index (χ2v) is 9.46. The molecule has 4 N–H and O–H groups in total. The van der Waals surface area contributed by atoms with Crippen LogP contribution in [0.15, 0.2) is 24.3 Å². The molecule has 1 saturated heterocycles. The Labute approximate surface area is 174 Å². The lowest BCUT2D eigenvalue weighted by Gasteiger charge is -2.29. The molecular formula is C19H28N6OS2+2. The molecule has 150 valence electrons. The number of nitrogens with zero attached hydrogens (tertiary/aromatic N) is 2. The molecule has 2 aromatic rings. The van der Waals surface area contributed by atoms with E-state index in [1.807, 2.05) is 4.68 Å². The van der Waals surface area contributed by atoms with Gasteiger partial charge in [-0.1, -0.05) is 29.0 Å². The van der Waals surface area contributed by atoms with E-state index in [2.05, 4.69) is 46.9 Å². The van der Waals surface area contributed by atoms with Crippen LogP contribution in [0.2, 0.25) is 0 Å². The van der Waals surface area contributed by atoms with E-state index in [0.717, 1.165) is 60.5 Å². The molecule has 1 aromatic heterocycles. The number of aromatic nitrogens is 2. The first kappa shape index (κ1) is 19.5. The third kappa shape index (κ3) is 5.38. The normalized spacial score (nSPS) is 22.0. The number of aryl methyl sites for hydroxylation is 1. The second kappa shape index (κ2) is 8.69. The zero-order chi connectivity index (χ0) is 19.5. The molecule has 0 unspecified atom stereocenters. The van der Waals surface area contributed by atoms with Crippen LogP contribution < -0.4 is 20.4 Å². The van der Waals surface area contributed by atoms with Crippen LogP contribution in [0.1, 0.15) is 18.4 Å². The van der Waals surface area contributed by atoms with Crippen molar-refractivity contribution in [3.8, 4) is 0 Å². The molecule has 1 aliphatic heterocycles. The molecule has 9 heteroatoms. The smallest absolute Gasteiger partial charge is 0.275 e. The predicted octanol–water partition coefficient (Wildman–Crippen LogP) is -0.254. The zero-order valence-electron chi connectivity index (χ0n) is 16.2. The number of quaternary nitrogens is 2. The van der Waals surface area contributed by atoms with E-state index in [9.17, 15) is 4.79 Å². The van der Waals surface area contributed by atoms with Crippen LogP contribution in [0.4, 0.5) is 10.8 Å². The lowest BCUT2D eigenvalue weighted by atomic mass is 10.2. The van der Waals surface area contributed by atoms with E-state index in [1.54, 1.807) is 0 Å². The fourth-order valence-corrected chi connectivity index (χ4v) is 4.48. The van der Waals surface area contributed by atoms with Crippen molar-refractivity contribution in [2.75, 3.05) is 38.0 Å². The highest BCUT2D eigenvalue weighted by molar-refractivity contribution is 7.73. The number of carbonyl (C=O) groups excluding carboxylic acids is 1. The summed E-state index contributed by atoms with van der Waals surface area (Å²) in [5.74, 6) is 0.203. The standard InChI is InChI=1S/C19H26N6OS2/c1-14-2-4-16(5-3-14)21-18-22-25(19(27)28-18)13-24-10-8-23(9-11-24)12-17(26)20-15-6-7-15/h2-5,15H,6-13H2,1H3,(H,20,26)(H,21,22)/p+2. The number of piperazine rings is 1. The summed E-state index contributed by atoms with van der Waals surface area (Å²) in [6.07, 6.45) is 2.29. The zero-order valence-corrected chi connectivity index (χ0v) is 17.8. The number of amides is 1. The van der Waals surface area contributed by atoms with E-state index in [1.165, 1.54) is 26.7 Å². The molecule has 2 fully saturated rings. The van der Waals surface area contributed by atoms with Crippen molar-refractivity contribution < 1.29 is 14.6 Å². The summed E-state index contributed by atoms with van der Waals surface area (Å²) in [4.78, 5) is 14.8. The van der Waals surface area contributed by atoms with Crippen molar-refractivity contribution in [1.29, 1.82) is 0 Å². The van der Waals surface area contributed by atoms with Crippen molar-refractivity contribution in [2.45, 2.75) is 32.5 Å². The van der Waals surface area contributed by atoms with Gasteiger partial charge in [-0.15, -0.1) is 5.10 Å². The molecule has 4 rings (SSSR count). The van der Waals surface area contributed by atoms with Gasteiger partial charge in [0.1, 0.15) is 26.2 Å². The minimum Gasteiger partial charge on any atom is -0.348 e. The van der Waals surface area contributed by atoms with Gasteiger partial charge in [0, 0.05) is 11.7 Å². The SMILES string of the molecule is Cc1ccc(Nc2nn(C[NH+]3CC[NH+](CC(=O)NC4CC4)CC3)c(=S)s2)cc1. The minimum atomic E-state index is 0.203. The van der Waals surface area contributed by atoms with Crippen LogP contribution in [-0.4, -0.2) is 54.5 Å². The summed E-state index contributed by atoms with van der Waals surface area (Å²) in [5, 5.41) is 11.9. The number of anilines is 2. The van der Waals surface area contributed by atoms with Gasteiger partial charge in [0.25, 0.3) is 5.91 Å². The van der Waals surface area contributed by atoms with E-state index in [4.69, 9.17) is 12.2 Å². The number of nitrogens with one attached hydrogen (secondary N) is 4. The third-order valence-corrected chi connectivity index (χ3v) is 6.52. The van der Waals surface area contributed by atoms with E-state index < -0.39 is 0 Å². The monoisotopic (exact) mass is 420 g/mol. The molecule has 1 saturated carbocycles. The first-order valence-electron chi connectivity index (χ1n) is 9.93. The number of hydrogen-bond acceptors (Lipinski definition) is 5. The quantitative estimate of drug-likeness (QED) is 0.466. The van der Waals surface area contributed by atoms with Crippen molar-refractivity contribution in [3.63, 3.8) is 0 Å². The Morgan fingerprint density at radius 2 is 1.89 bits per heavy atom. The van der Waals surface area contributed by atoms with E-state index >= 15 is 0 Å². The molecule has 0 atom stereocenters. The summed E-state index contributed by atoms with van der Waals surface area (Å²) in [5.41, 5.74) is 2.26. The van der Waals surface area contributed by atoms with Crippen molar-refractivity contribution in [3.05, 3.63) is 33.8 Å². The van der Waals surface area contributed by atoms with Crippen LogP contribution in [0, 0.1) is 10.9 Å². The van der Waals surface area contributed by atoms with Crippen LogP contribution in [-0.2, 0) is 11.5 Å². The predicted molar refractivity (Wildman–Crippen MR) is 113 cm³/mol. The van der Waals surface area contributed by atoms with Gasteiger partial charge < -0.3 is 20.4 Å². The molecule has 2 heterocycles. The van der Waals surface area contributed by atoms with Crippen molar-refractivity contribution >= 4 is 40.3 Å². The highest BCUT2D eigenvalue weighted by Crippen LogP contribution is 2.20. The third-order valence-electron chi connectivity index (χ3n) is 5.30. The average Bonchev–Trinajstić information content (AvgIpc) is 3.41. The van der Waals surface area contributed by atoms with Gasteiger partial charge in [0.2, 0.25) is 5.13 Å². The van der Waals surface area contributed by atoms with Gasteiger partial charge >= 0.3 is 0 Å². The summed E-state index contributed by atoms with van der Waals surface area (Å²) >= 11 is 7.02. The molecule has 1 aliphatic carbocycles. The maximum Gasteiger partial charge on any atom is 0.275 e. The van der Waals surface area contributed by atoms with Gasteiger partial charge in [0.05, 0.1) is 0 Å². The molecule has 7 nitrogen and oxygen atoms in total. The van der Waals surface area contributed by atoms with Gasteiger partial charge in [-0.25, -0.2) is 0 Å². The Morgan fingerprint density at radius 3 is 2.57 bits per heavy atom. The maximum atomic E-state index is 12.0. The van der Waals surface area contributed by atoms with Crippen LogP contribution in [0.5, 0.6) is 0 Å². The van der Waals surface area contributed by atoms with Crippen molar-refractivity contribution in [2.24, 2.45) is 0 Å². The second-order valence-electron chi connectivity index (χ2n) is 7.84. The lowest BCUT2D eigenvalue weighted by Crippen LogP contribution is -3.28. The first-order chi connectivity index (χ1) is 13.5. The fourth-order valence-electron chi connectivity index (χ4n) is 3.45. The van der Waals surface area contributed by atoms with Crippen LogP contribution in [0.25, 0.3) is 0 Å². The van der Waals surface area contributed by atoms with Crippen LogP contribution >= 0.6 is 23.6 Å². The van der Waals surface area contributed by atoms with Crippen molar-refractivity contribution in [1.82, 2.24) is 15.1 Å². The molecule has 1 amide bonds.